The lowest BCUT2D eigenvalue weighted by Gasteiger charge is -2.13. The van der Waals surface area contributed by atoms with Gasteiger partial charge in [0.25, 0.3) is 0 Å². The minimum absolute atomic E-state index is 0.273. The van der Waals surface area contributed by atoms with Crippen LogP contribution in [-0.4, -0.2) is 5.97 Å². The van der Waals surface area contributed by atoms with E-state index in [4.69, 9.17) is 4.74 Å². The predicted octanol–water partition coefficient (Wildman–Crippen LogP) is 5.55. The summed E-state index contributed by atoms with van der Waals surface area (Å²) in [7, 11) is 0. The highest BCUT2D eigenvalue weighted by molar-refractivity contribution is 9.10. The first-order valence-electron chi connectivity index (χ1n) is 6.25. The van der Waals surface area contributed by atoms with E-state index in [-0.39, 0.29) is 11.9 Å². The zero-order valence-electron chi connectivity index (χ0n) is 11.2. The summed E-state index contributed by atoms with van der Waals surface area (Å²) in [6.45, 7) is 4.13. The van der Waals surface area contributed by atoms with Crippen LogP contribution in [0.15, 0.2) is 51.4 Å². The van der Waals surface area contributed by atoms with Crippen molar-refractivity contribution < 1.29 is 9.53 Å². The molecule has 0 amide bonds. The van der Waals surface area contributed by atoms with Gasteiger partial charge >= 0.3 is 5.97 Å². The molecule has 0 aliphatic carbocycles. The van der Waals surface area contributed by atoms with Gasteiger partial charge in [-0.1, -0.05) is 41.9 Å². The summed E-state index contributed by atoms with van der Waals surface area (Å²) in [5.41, 5.74) is 1.52. The van der Waals surface area contributed by atoms with Gasteiger partial charge in [-0.05, 0) is 57.7 Å². The second kappa shape index (κ2) is 6.55. The fraction of sp³-hybridized carbons (Fsp3) is 0.188. The minimum Gasteiger partial charge on any atom is -0.423 e. The summed E-state index contributed by atoms with van der Waals surface area (Å²) in [6, 6.07) is 12.9. The van der Waals surface area contributed by atoms with Gasteiger partial charge in [0.05, 0.1) is 5.56 Å². The number of hydrogen-bond acceptors (Lipinski definition) is 2. The van der Waals surface area contributed by atoms with Gasteiger partial charge in [0.2, 0.25) is 0 Å². The highest BCUT2D eigenvalue weighted by Gasteiger charge is 2.15. The molecule has 0 N–H and O–H groups in total. The highest BCUT2D eigenvalue weighted by atomic mass is 79.9. The number of carbonyl (C=O) groups excluding carboxylic acids is 1. The summed E-state index contributed by atoms with van der Waals surface area (Å²) < 4.78 is 7.24. The molecule has 0 fully saturated rings. The molecule has 4 heteroatoms. The molecule has 0 heterocycles. The Bertz CT molecular complexity index is 636. The number of benzene rings is 2. The Kier molecular flexibility index (Phi) is 5.00. The fourth-order valence-corrected chi connectivity index (χ4v) is 2.67. The molecule has 0 radical (unpaired) electrons. The van der Waals surface area contributed by atoms with Crippen molar-refractivity contribution in [2.75, 3.05) is 0 Å². The summed E-state index contributed by atoms with van der Waals surface area (Å²) >= 11 is 6.80. The van der Waals surface area contributed by atoms with Crippen molar-refractivity contribution in [3.8, 4) is 5.75 Å². The van der Waals surface area contributed by atoms with Gasteiger partial charge in [-0.15, -0.1) is 0 Å². The quantitative estimate of drug-likeness (QED) is 0.501. The molecule has 0 atom stereocenters. The largest absolute Gasteiger partial charge is 0.423 e. The van der Waals surface area contributed by atoms with Gasteiger partial charge in [-0.25, -0.2) is 4.79 Å². The first kappa shape index (κ1) is 15.3. The van der Waals surface area contributed by atoms with Gasteiger partial charge < -0.3 is 4.74 Å². The normalized spacial score (nSPS) is 10.7. The van der Waals surface area contributed by atoms with Crippen LogP contribution in [0.5, 0.6) is 5.75 Å². The molecule has 0 aliphatic heterocycles. The Balaban J connectivity index is 2.31. The maximum atomic E-state index is 12.2. The van der Waals surface area contributed by atoms with Crippen LogP contribution in [0, 0.1) is 0 Å². The average molecular weight is 398 g/mol. The third-order valence-electron chi connectivity index (χ3n) is 2.89. The van der Waals surface area contributed by atoms with Crippen molar-refractivity contribution in [2.24, 2.45) is 0 Å². The van der Waals surface area contributed by atoms with Crippen molar-refractivity contribution in [1.29, 1.82) is 0 Å². The van der Waals surface area contributed by atoms with E-state index in [0.717, 1.165) is 14.5 Å². The van der Waals surface area contributed by atoms with E-state index in [1.165, 1.54) is 0 Å². The van der Waals surface area contributed by atoms with E-state index in [1.54, 1.807) is 6.07 Å². The third kappa shape index (κ3) is 3.49. The smallest absolute Gasteiger partial charge is 0.344 e. The standard InChI is InChI=1S/C16H14Br2O2/c1-10(2)13-9-11(17)7-8-15(13)20-16(19)12-5-3-4-6-14(12)18/h3-10H,1-2H3. The maximum Gasteiger partial charge on any atom is 0.344 e. The van der Waals surface area contributed by atoms with Gasteiger partial charge in [-0.2, -0.15) is 0 Å². The van der Waals surface area contributed by atoms with Crippen molar-refractivity contribution in [3.05, 3.63) is 62.5 Å². The van der Waals surface area contributed by atoms with Crippen molar-refractivity contribution in [3.63, 3.8) is 0 Å². The van der Waals surface area contributed by atoms with E-state index < -0.39 is 0 Å². The zero-order chi connectivity index (χ0) is 14.7. The number of ether oxygens (including phenoxy) is 1. The summed E-state index contributed by atoms with van der Waals surface area (Å²) in [4.78, 5) is 12.2. The third-order valence-corrected chi connectivity index (χ3v) is 4.08. The van der Waals surface area contributed by atoms with E-state index in [2.05, 4.69) is 45.7 Å². The van der Waals surface area contributed by atoms with Crippen LogP contribution in [0.3, 0.4) is 0 Å². The number of esters is 1. The molecule has 104 valence electrons. The molecule has 2 nitrogen and oxygen atoms in total. The lowest BCUT2D eigenvalue weighted by molar-refractivity contribution is 0.0732. The highest BCUT2D eigenvalue weighted by Crippen LogP contribution is 2.30. The molecular formula is C16H14Br2O2. The maximum absolute atomic E-state index is 12.2. The lowest BCUT2D eigenvalue weighted by atomic mass is 10.0. The first-order valence-corrected chi connectivity index (χ1v) is 7.84. The van der Waals surface area contributed by atoms with Crippen LogP contribution >= 0.6 is 31.9 Å². The molecule has 0 unspecified atom stereocenters. The van der Waals surface area contributed by atoms with Crippen molar-refractivity contribution in [2.45, 2.75) is 19.8 Å². The van der Waals surface area contributed by atoms with Gasteiger partial charge in [-0.3, -0.25) is 0 Å². The Morgan fingerprint density at radius 2 is 1.80 bits per heavy atom. The van der Waals surface area contributed by atoms with Gasteiger partial charge in [0.1, 0.15) is 5.75 Å². The average Bonchev–Trinajstić information content (AvgIpc) is 2.41. The molecule has 2 aromatic rings. The van der Waals surface area contributed by atoms with Crippen molar-refractivity contribution in [1.82, 2.24) is 0 Å². The van der Waals surface area contributed by atoms with E-state index in [1.807, 2.05) is 36.4 Å². The Morgan fingerprint density at radius 1 is 1.10 bits per heavy atom. The summed E-state index contributed by atoms with van der Waals surface area (Å²) in [6.07, 6.45) is 0. The molecule has 0 aromatic heterocycles. The van der Waals surface area contributed by atoms with Crippen LogP contribution in [-0.2, 0) is 0 Å². The number of rotatable bonds is 3. The Labute approximate surface area is 135 Å². The topological polar surface area (TPSA) is 26.3 Å². The molecular weight excluding hydrogens is 384 g/mol. The number of hydrogen-bond donors (Lipinski definition) is 0. The molecule has 2 aromatic carbocycles. The van der Waals surface area contributed by atoms with Crippen LogP contribution < -0.4 is 4.74 Å². The molecule has 0 saturated carbocycles. The fourth-order valence-electron chi connectivity index (χ4n) is 1.85. The monoisotopic (exact) mass is 396 g/mol. The van der Waals surface area contributed by atoms with Gasteiger partial charge in [0, 0.05) is 8.95 Å². The molecule has 0 spiro atoms. The predicted molar refractivity (Wildman–Crippen MR) is 87.3 cm³/mol. The number of halogens is 2. The lowest BCUT2D eigenvalue weighted by Crippen LogP contribution is -2.11. The second-order valence-electron chi connectivity index (χ2n) is 4.71. The molecule has 20 heavy (non-hydrogen) atoms. The summed E-state index contributed by atoms with van der Waals surface area (Å²) in [5, 5.41) is 0. The van der Waals surface area contributed by atoms with E-state index >= 15 is 0 Å². The first-order chi connectivity index (χ1) is 9.49. The Morgan fingerprint density at radius 3 is 2.45 bits per heavy atom. The molecule has 0 aliphatic rings. The van der Waals surface area contributed by atoms with Crippen LogP contribution in [0.4, 0.5) is 0 Å². The molecule has 0 bridgehead atoms. The van der Waals surface area contributed by atoms with Crippen LogP contribution in [0.2, 0.25) is 0 Å². The zero-order valence-corrected chi connectivity index (χ0v) is 14.4. The van der Waals surface area contributed by atoms with E-state index in [0.29, 0.717) is 11.3 Å². The van der Waals surface area contributed by atoms with Crippen LogP contribution in [0.25, 0.3) is 0 Å². The van der Waals surface area contributed by atoms with Crippen LogP contribution in [0.1, 0.15) is 35.7 Å². The second-order valence-corrected chi connectivity index (χ2v) is 6.48. The molecule has 0 saturated heterocycles. The Hall–Kier alpha value is -1.13. The number of carbonyl (C=O) groups is 1. The van der Waals surface area contributed by atoms with E-state index in [9.17, 15) is 4.79 Å². The minimum atomic E-state index is -0.360. The van der Waals surface area contributed by atoms with Crippen molar-refractivity contribution >= 4 is 37.8 Å². The van der Waals surface area contributed by atoms with Gasteiger partial charge in [0.15, 0.2) is 0 Å². The summed E-state index contributed by atoms with van der Waals surface area (Å²) in [5.74, 6) is 0.514. The molecule has 2 rings (SSSR count). The SMILES string of the molecule is CC(C)c1cc(Br)ccc1OC(=O)c1ccccc1Br.